The first-order valence-corrected chi connectivity index (χ1v) is 12.7. The molecule has 1 aromatic heterocycles. The lowest BCUT2D eigenvalue weighted by molar-refractivity contribution is -0.149. The molecule has 2 unspecified atom stereocenters. The molecule has 190 valence electrons. The van der Waals surface area contributed by atoms with E-state index in [0.29, 0.717) is 26.9 Å². The van der Waals surface area contributed by atoms with Crippen molar-refractivity contribution in [2.24, 2.45) is 5.92 Å². The van der Waals surface area contributed by atoms with Crippen molar-refractivity contribution < 1.29 is 33.4 Å². The molecular formula is C24H18FN3O7S2. The fourth-order valence-corrected chi connectivity index (χ4v) is 6.91. The van der Waals surface area contributed by atoms with Crippen LogP contribution in [0.5, 0.6) is 5.75 Å². The van der Waals surface area contributed by atoms with Gasteiger partial charge in [0.05, 0.1) is 10.9 Å². The van der Waals surface area contributed by atoms with Crippen LogP contribution in [0.25, 0.3) is 0 Å². The molecule has 3 aromatic rings. The summed E-state index contributed by atoms with van der Waals surface area (Å²) < 4.78 is 18.5. The average Bonchev–Trinajstić information content (AvgIpc) is 3.35. The minimum absolute atomic E-state index is 0.303. The SMILES string of the molecule is O=C(O)CN1C(=O)C2Sc3[nH]c(=O)sc3[C@H](c3ccc(OCC(=O)Nc4ccc(F)cc4)cc3)C2C1=O. The number of rotatable bonds is 7. The lowest BCUT2D eigenvalue weighted by atomic mass is 9.83. The molecule has 0 saturated carbocycles. The molecule has 5 rings (SSSR count). The van der Waals surface area contributed by atoms with Crippen LogP contribution < -0.4 is 14.9 Å². The number of aromatic amines is 1. The van der Waals surface area contributed by atoms with Gasteiger partial charge in [-0.2, -0.15) is 0 Å². The summed E-state index contributed by atoms with van der Waals surface area (Å²) in [5.41, 5.74) is 1.05. The summed E-state index contributed by atoms with van der Waals surface area (Å²) in [7, 11) is 0. The molecule has 3 amide bonds. The van der Waals surface area contributed by atoms with Gasteiger partial charge in [0.15, 0.2) is 6.61 Å². The maximum Gasteiger partial charge on any atom is 0.323 e. The maximum atomic E-state index is 13.2. The Morgan fingerprint density at radius 1 is 1.05 bits per heavy atom. The van der Waals surface area contributed by atoms with E-state index in [0.717, 1.165) is 28.0 Å². The molecule has 0 radical (unpaired) electrons. The van der Waals surface area contributed by atoms with Crippen molar-refractivity contribution >= 4 is 52.5 Å². The van der Waals surface area contributed by atoms with E-state index in [-0.39, 0.29) is 11.5 Å². The molecule has 2 aliphatic heterocycles. The number of nitrogens with zero attached hydrogens (tertiary/aromatic N) is 1. The minimum Gasteiger partial charge on any atom is -0.484 e. The normalized spacial score (nSPS) is 20.4. The minimum atomic E-state index is -1.30. The van der Waals surface area contributed by atoms with Gasteiger partial charge in [0.1, 0.15) is 23.4 Å². The zero-order valence-corrected chi connectivity index (χ0v) is 20.4. The zero-order chi connectivity index (χ0) is 26.3. The Labute approximate surface area is 216 Å². The smallest absolute Gasteiger partial charge is 0.323 e. The van der Waals surface area contributed by atoms with Crippen molar-refractivity contribution in [2.75, 3.05) is 18.5 Å². The van der Waals surface area contributed by atoms with Gasteiger partial charge < -0.3 is 20.1 Å². The van der Waals surface area contributed by atoms with Gasteiger partial charge in [-0.05, 0) is 42.0 Å². The first-order chi connectivity index (χ1) is 17.7. The van der Waals surface area contributed by atoms with Crippen LogP contribution in [0.4, 0.5) is 10.1 Å². The molecule has 3 heterocycles. The highest BCUT2D eigenvalue weighted by Crippen LogP contribution is 2.52. The highest BCUT2D eigenvalue weighted by molar-refractivity contribution is 8.00. The third-order valence-electron chi connectivity index (χ3n) is 5.95. The second-order valence-electron chi connectivity index (χ2n) is 8.32. The topological polar surface area (TPSA) is 146 Å². The quantitative estimate of drug-likeness (QED) is 0.385. The first kappa shape index (κ1) is 24.7. The third kappa shape index (κ3) is 4.87. The van der Waals surface area contributed by atoms with E-state index in [9.17, 15) is 28.4 Å². The van der Waals surface area contributed by atoms with Gasteiger partial charge in [-0.15, -0.1) is 0 Å². The number of amides is 3. The summed E-state index contributed by atoms with van der Waals surface area (Å²) in [6.45, 7) is -1.03. The van der Waals surface area contributed by atoms with Crippen molar-refractivity contribution in [3.8, 4) is 5.75 Å². The number of hydrogen-bond donors (Lipinski definition) is 3. The Kier molecular flexibility index (Phi) is 6.56. The van der Waals surface area contributed by atoms with Gasteiger partial charge in [-0.1, -0.05) is 35.2 Å². The van der Waals surface area contributed by atoms with E-state index in [1.54, 1.807) is 24.3 Å². The molecular weight excluding hydrogens is 525 g/mol. The Hall–Kier alpha value is -3.97. The molecule has 37 heavy (non-hydrogen) atoms. The van der Waals surface area contributed by atoms with Crippen molar-refractivity contribution in [2.45, 2.75) is 16.2 Å². The predicted octanol–water partition coefficient (Wildman–Crippen LogP) is 2.27. The van der Waals surface area contributed by atoms with Crippen LogP contribution in [0.3, 0.4) is 0 Å². The second-order valence-corrected chi connectivity index (χ2v) is 10.5. The van der Waals surface area contributed by atoms with Gasteiger partial charge >= 0.3 is 10.8 Å². The number of hydrogen-bond acceptors (Lipinski definition) is 8. The number of imide groups is 1. The summed E-state index contributed by atoms with van der Waals surface area (Å²) in [4.78, 5) is 65.2. The summed E-state index contributed by atoms with van der Waals surface area (Å²) >= 11 is 2.01. The zero-order valence-electron chi connectivity index (χ0n) is 18.8. The van der Waals surface area contributed by atoms with E-state index in [1.165, 1.54) is 24.3 Å². The van der Waals surface area contributed by atoms with Crippen LogP contribution in [0.1, 0.15) is 16.4 Å². The lowest BCUT2D eigenvalue weighted by Gasteiger charge is -2.29. The highest BCUT2D eigenvalue weighted by atomic mass is 32.2. The molecule has 1 fully saturated rings. The van der Waals surface area contributed by atoms with Crippen molar-refractivity contribution in [3.63, 3.8) is 0 Å². The number of benzene rings is 2. The van der Waals surface area contributed by atoms with Crippen LogP contribution >= 0.6 is 23.1 Å². The number of carboxylic acid groups (broad SMARTS) is 1. The molecule has 0 aliphatic carbocycles. The van der Waals surface area contributed by atoms with Crippen molar-refractivity contribution in [3.05, 3.63) is 74.5 Å². The number of thioether (sulfide) groups is 1. The molecule has 1 saturated heterocycles. The van der Waals surface area contributed by atoms with Crippen LogP contribution in [0.2, 0.25) is 0 Å². The number of carbonyl (C=O) groups is 4. The number of aliphatic carboxylic acids is 1. The summed E-state index contributed by atoms with van der Waals surface area (Å²) in [5.74, 6) is -4.51. The molecule has 13 heteroatoms. The van der Waals surface area contributed by atoms with Gasteiger partial charge in [0.2, 0.25) is 11.8 Å². The predicted molar refractivity (Wildman–Crippen MR) is 131 cm³/mol. The highest BCUT2D eigenvalue weighted by Gasteiger charge is 2.56. The molecule has 0 bridgehead atoms. The molecule has 2 aliphatic rings. The molecule has 0 spiro atoms. The average molecular weight is 544 g/mol. The van der Waals surface area contributed by atoms with Crippen LogP contribution in [-0.4, -0.2) is 57.1 Å². The molecule has 10 nitrogen and oxygen atoms in total. The number of likely N-dealkylation sites (tertiary alicyclic amines) is 1. The lowest BCUT2D eigenvalue weighted by Crippen LogP contribution is -2.36. The Morgan fingerprint density at radius 3 is 2.43 bits per heavy atom. The number of fused-ring (bicyclic) bond motifs is 2. The summed E-state index contributed by atoms with van der Waals surface area (Å²) in [6.07, 6.45) is 0. The standard InChI is InChI=1S/C24H18FN3O7S2/c25-12-3-5-13(6-4-12)26-15(29)10-35-14-7-1-11(2-8-14)17-18-20(36-21-19(17)37-24(34)27-21)23(33)28(22(18)32)9-16(30)31/h1-8,17-18,20H,9-10H2,(H,26,29)(H,27,34)(H,30,31)/t17-,18?,20?/m1/s1. The fraction of sp³-hybridized carbons (Fsp3) is 0.208. The number of thiazole rings is 1. The molecule has 2 aromatic carbocycles. The van der Waals surface area contributed by atoms with Crippen molar-refractivity contribution in [1.82, 2.24) is 9.88 Å². The maximum absolute atomic E-state index is 13.2. The van der Waals surface area contributed by atoms with E-state index < -0.39 is 53.1 Å². The largest absolute Gasteiger partial charge is 0.484 e. The first-order valence-electron chi connectivity index (χ1n) is 11.0. The van der Waals surface area contributed by atoms with Crippen LogP contribution in [0, 0.1) is 11.7 Å². The number of carbonyl (C=O) groups excluding carboxylic acids is 3. The van der Waals surface area contributed by atoms with E-state index in [4.69, 9.17) is 9.84 Å². The molecule has 3 N–H and O–H groups in total. The number of nitrogens with one attached hydrogen (secondary N) is 2. The monoisotopic (exact) mass is 543 g/mol. The number of ether oxygens (including phenoxy) is 1. The number of aromatic nitrogens is 1. The fourth-order valence-electron chi connectivity index (χ4n) is 4.38. The summed E-state index contributed by atoms with van der Waals surface area (Å²) in [6, 6.07) is 11.8. The number of H-pyrrole nitrogens is 1. The van der Waals surface area contributed by atoms with Crippen LogP contribution in [0.15, 0.2) is 58.4 Å². The van der Waals surface area contributed by atoms with E-state index >= 15 is 0 Å². The van der Waals surface area contributed by atoms with Gasteiger partial charge in [-0.3, -0.25) is 28.9 Å². The van der Waals surface area contributed by atoms with Gasteiger partial charge in [-0.25, -0.2) is 4.39 Å². The number of halogens is 1. The van der Waals surface area contributed by atoms with Gasteiger partial charge in [0, 0.05) is 16.5 Å². The van der Waals surface area contributed by atoms with Crippen molar-refractivity contribution in [1.29, 1.82) is 0 Å². The summed E-state index contributed by atoms with van der Waals surface area (Å²) in [5, 5.41) is 11.4. The van der Waals surface area contributed by atoms with Gasteiger partial charge in [0.25, 0.3) is 5.91 Å². The number of carboxylic acids is 1. The van der Waals surface area contributed by atoms with Crippen LogP contribution in [-0.2, 0) is 19.2 Å². The van der Waals surface area contributed by atoms with E-state index in [2.05, 4.69) is 10.3 Å². The third-order valence-corrected chi connectivity index (χ3v) is 8.35. The Bertz CT molecular complexity index is 1450. The number of anilines is 1. The Balaban J connectivity index is 1.35. The Morgan fingerprint density at radius 2 is 1.76 bits per heavy atom. The second kappa shape index (κ2) is 9.82. The van der Waals surface area contributed by atoms with E-state index in [1.807, 2.05) is 0 Å². The molecule has 3 atom stereocenters.